The summed E-state index contributed by atoms with van der Waals surface area (Å²) in [4.78, 5) is 16.3. The number of benzene rings is 2. The Bertz CT molecular complexity index is 653. The summed E-state index contributed by atoms with van der Waals surface area (Å²) in [5, 5.41) is 0. The highest BCUT2D eigenvalue weighted by atomic mass is 16.2. The number of hydrogen-bond acceptors (Lipinski definition) is 2. The van der Waals surface area contributed by atoms with Crippen LogP contribution in [0.15, 0.2) is 54.6 Å². The molecule has 0 spiro atoms. The SMILES string of the molecule is CC(=O)N1Cc2ccccc2N(C)C(Cc2ccccc2)C1. The first-order valence-electron chi connectivity index (χ1n) is 7.75. The Morgan fingerprint density at radius 3 is 2.50 bits per heavy atom. The molecule has 0 N–H and O–H groups in total. The third-order valence-electron chi connectivity index (χ3n) is 4.47. The number of anilines is 1. The molecule has 1 aliphatic rings. The van der Waals surface area contributed by atoms with Gasteiger partial charge in [-0.05, 0) is 23.6 Å². The quantitative estimate of drug-likeness (QED) is 0.850. The summed E-state index contributed by atoms with van der Waals surface area (Å²) in [5.41, 5.74) is 3.75. The molecule has 0 bridgehead atoms. The van der Waals surface area contributed by atoms with E-state index in [9.17, 15) is 4.79 Å². The van der Waals surface area contributed by atoms with Gasteiger partial charge in [-0.3, -0.25) is 4.79 Å². The highest BCUT2D eigenvalue weighted by molar-refractivity contribution is 5.74. The molecule has 0 saturated heterocycles. The van der Waals surface area contributed by atoms with Gasteiger partial charge in [-0.1, -0.05) is 48.5 Å². The first-order chi connectivity index (χ1) is 10.6. The summed E-state index contributed by atoms with van der Waals surface area (Å²) < 4.78 is 0. The lowest BCUT2D eigenvalue weighted by Gasteiger charge is -2.31. The fourth-order valence-electron chi connectivity index (χ4n) is 3.16. The van der Waals surface area contributed by atoms with E-state index >= 15 is 0 Å². The van der Waals surface area contributed by atoms with E-state index in [2.05, 4.69) is 54.4 Å². The minimum absolute atomic E-state index is 0.142. The second-order valence-corrected chi connectivity index (χ2v) is 5.98. The summed E-state index contributed by atoms with van der Waals surface area (Å²) in [5.74, 6) is 0.142. The third kappa shape index (κ3) is 2.98. The predicted molar refractivity (Wildman–Crippen MR) is 89.9 cm³/mol. The first-order valence-corrected chi connectivity index (χ1v) is 7.75. The van der Waals surface area contributed by atoms with Crippen LogP contribution >= 0.6 is 0 Å². The van der Waals surface area contributed by atoms with E-state index in [1.165, 1.54) is 16.8 Å². The van der Waals surface area contributed by atoms with Crippen molar-refractivity contribution in [2.75, 3.05) is 18.5 Å². The summed E-state index contributed by atoms with van der Waals surface area (Å²) in [6.45, 7) is 3.12. The Balaban J connectivity index is 1.93. The number of rotatable bonds is 2. The van der Waals surface area contributed by atoms with Crippen molar-refractivity contribution in [3.05, 3.63) is 65.7 Å². The number of hydrogen-bond donors (Lipinski definition) is 0. The second-order valence-electron chi connectivity index (χ2n) is 5.98. The zero-order valence-corrected chi connectivity index (χ0v) is 13.2. The molecule has 0 fully saturated rings. The average Bonchev–Trinajstić information content (AvgIpc) is 2.67. The van der Waals surface area contributed by atoms with Gasteiger partial charge < -0.3 is 9.80 Å². The van der Waals surface area contributed by atoms with Crippen LogP contribution in [0.4, 0.5) is 5.69 Å². The molecule has 1 amide bonds. The minimum atomic E-state index is 0.142. The molecule has 2 aromatic carbocycles. The van der Waals surface area contributed by atoms with Crippen molar-refractivity contribution in [2.24, 2.45) is 0 Å². The fraction of sp³-hybridized carbons (Fsp3) is 0.316. The summed E-state index contributed by atoms with van der Waals surface area (Å²) in [7, 11) is 2.13. The molecule has 114 valence electrons. The molecule has 0 aliphatic carbocycles. The van der Waals surface area contributed by atoms with E-state index in [1.54, 1.807) is 6.92 Å². The molecule has 3 nitrogen and oxygen atoms in total. The van der Waals surface area contributed by atoms with Crippen molar-refractivity contribution >= 4 is 11.6 Å². The molecule has 0 aromatic heterocycles. The Morgan fingerprint density at radius 2 is 1.77 bits per heavy atom. The molecule has 3 rings (SSSR count). The van der Waals surface area contributed by atoms with Gasteiger partial charge in [0.15, 0.2) is 0 Å². The summed E-state index contributed by atoms with van der Waals surface area (Å²) >= 11 is 0. The number of carbonyl (C=O) groups is 1. The lowest BCUT2D eigenvalue weighted by Crippen LogP contribution is -2.42. The highest BCUT2D eigenvalue weighted by Crippen LogP contribution is 2.27. The summed E-state index contributed by atoms with van der Waals surface area (Å²) in [6.07, 6.45) is 0.940. The lowest BCUT2D eigenvalue weighted by molar-refractivity contribution is -0.129. The maximum atomic E-state index is 12.0. The molecule has 1 heterocycles. The summed E-state index contributed by atoms with van der Waals surface area (Å²) in [6, 6.07) is 19.2. The predicted octanol–water partition coefficient (Wildman–Crippen LogP) is 3.10. The molecule has 3 heteroatoms. The van der Waals surface area contributed by atoms with Gasteiger partial charge in [0.2, 0.25) is 5.91 Å². The Morgan fingerprint density at radius 1 is 1.09 bits per heavy atom. The van der Waals surface area contributed by atoms with Crippen LogP contribution in [0.2, 0.25) is 0 Å². The molecular formula is C19H22N2O. The maximum Gasteiger partial charge on any atom is 0.219 e. The van der Waals surface area contributed by atoms with Gasteiger partial charge in [-0.25, -0.2) is 0 Å². The number of fused-ring (bicyclic) bond motifs is 1. The van der Waals surface area contributed by atoms with Gasteiger partial charge in [-0.15, -0.1) is 0 Å². The number of amides is 1. The van der Waals surface area contributed by atoms with E-state index in [1.807, 2.05) is 17.0 Å². The van der Waals surface area contributed by atoms with Crippen molar-refractivity contribution in [3.63, 3.8) is 0 Å². The van der Waals surface area contributed by atoms with Crippen molar-refractivity contribution in [1.82, 2.24) is 4.90 Å². The monoisotopic (exact) mass is 294 g/mol. The Hall–Kier alpha value is -2.29. The molecule has 1 aliphatic heterocycles. The molecule has 2 aromatic rings. The highest BCUT2D eigenvalue weighted by Gasteiger charge is 2.26. The minimum Gasteiger partial charge on any atom is -0.369 e. The third-order valence-corrected chi connectivity index (χ3v) is 4.47. The van der Waals surface area contributed by atoms with Crippen molar-refractivity contribution < 1.29 is 4.79 Å². The topological polar surface area (TPSA) is 23.6 Å². The van der Waals surface area contributed by atoms with Crippen LogP contribution in [0.5, 0.6) is 0 Å². The molecule has 0 radical (unpaired) electrons. The van der Waals surface area contributed by atoms with E-state index < -0.39 is 0 Å². The van der Waals surface area contributed by atoms with Gasteiger partial charge >= 0.3 is 0 Å². The molecular weight excluding hydrogens is 272 g/mol. The number of carbonyl (C=O) groups excluding carboxylic acids is 1. The zero-order valence-electron chi connectivity index (χ0n) is 13.2. The molecule has 1 unspecified atom stereocenters. The zero-order chi connectivity index (χ0) is 15.5. The Kier molecular flexibility index (Phi) is 4.14. The molecule has 1 atom stereocenters. The molecule has 22 heavy (non-hydrogen) atoms. The van der Waals surface area contributed by atoms with Crippen molar-refractivity contribution in [2.45, 2.75) is 25.9 Å². The van der Waals surface area contributed by atoms with Crippen molar-refractivity contribution in [3.8, 4) is 0 Å². The normalized spacial score (nSPS) is 17.8. The van der Waals surface area contributed by atoms with Crippen LogP contribution < -0.4 is 4.90 Å². The van der Waals surface area contributed by atoms with Crippen molar-refractivity contribution in [1.29, 1.82) is 0 Å². The lowest BCUT2D eigenvalue weighted by atomic mass is 10.0. The van der Waals surface area contributed by atoms with Crippen LogP contribution in [0.1, 0.15) is 18.1 Å². The second kappa shape index (κ2) is 6.22. The average molecular weight is 294 g/mol. The van der Waals surface area contributed by atoms with Crippen LogP contribution in [-0.2, 0) is 17.8 Å². The van der Waals surface area contributed by atoms with Crippen LogP contribution in [0, 0.1) is 0 Å². The van der Waals surface area contributed by atoms with E-state index in [-0.39, 0.29) is 11.9 Å². The largest absolute Gasteiger partial charge is 0.369 e. The van der Waals surface area contributed by atoms with E-state index in [0.717, 1.165) is 13.0 Å². The maximum absolute atomic E-state index is 12.0. The number of likely N-dealkylation sites (N-methyl/N-ethyl adjacent to an activating group) is 1. The Labute approximate surface area is 132 Å². The number of para-hydroxylation sites is 1. The van der Waals surface area contributed by atoms with E-state index in [0.29, 0.717) is 6.54 Å². The van der Waals surface area contributed by atoms with Gasteiger partial charge in [0.05, 0.1) is 6.04 Å². The van der Waals surface area contributed by atoms with Gasteiger partial charge in [0, 0.05) is 32.7 Å². The van der Waals surface area contributed by atoms with Crippen LogP contribution in [0.3, 0.4) is 0 Å². The van der Waals surface area contributed by atoms with Crippen LogP contribution in [0.25, 0.3) is 0 Å². The molecule has 0 saturated carbocycles. The van der Waals surface area contributed by atoms with Gasteiger partial charge in [0.25, 0.3) is 0 Å². The smallest absolute Gasteiger partial charge is 0.219 e. The van der Waals surface area contributed by atoms with Crippen LogP contribution in [-0.4, -0.2) is 30.4 Å². The van der Waals surface area contributed by atoms with Gasteiger partial charge in [0.1, 0.15) is 0 Å². The van der Waals surface area contributed by atoms with E-state index in [4.69, 9.17) is 0 Å². The number of nitrogens with zero attached hydrogens (tertiary/aromatic N) is 2. The first kappa shape index (κ1) is 14.6. The standard InChI is InChI=1S/C19H22N2O/c1-15(22)21-13-17-10-6-7-11-19(17)20(2)18(14-21)12-16-8-4-3-5-9-16/h3-11,18H,12-14H2,1-2H3. The van der Waals surface area contributed by atoms with Gasteiger partial charge in [-0.2, -0.15) is 0 Å². The fourth-order valence-corrected chi connectivity index (χ4v) is 3.16.